The van der Waals surface area contributed by atoms with Crippen molar-refractivity contribution in [3.8, 4) is 0 Å². The van der Waals surface area contributed by atoms with Crippen molar-refractivity contribution in [1.82, 2.24) is 5.48 Å². The van der Waals surface area contributed by atoms with Crippen molar-refractivity contribution >= 4 is 12.1 Å². The van der Waals surface area contributed by atoms with Crippen LogP contribution >= 0.6 is 0 Å². The van der Waals surface area contributed by atoms with Crippen LogP contribution in [-0.4, -0.2) is 29.9 Å². The summed E-state index contributed by atoms with van der Waals surface area (Å²) in [5.74, 6) is -1.15. The molecule has 0 unspecified atom stereocenters. The van der Waals surface area contributed by atoms with Crippen LogP contribution in [0, 0.1) is 0 Å². The molecule has 2 N–H and O–H groups in total. The van der Waals surface area contributed by atoms with E-state index in [1.54, 1.807) is 0 Å². The first-order valence-electron chi connectivity index (χ1n) is 4.39. The summed E-state index contributed by atoms with van der Waals surface area (Å²) in [4.78, 5) is 25.5. The van der Waals surface area contributed by atoms with Gasteiger partial charge in [-0.2, -0.15) is 5.48 Å². The summed E-state index contributed by atoms with van der Waals surface area (Å²) in [5.41, 5.74) is 1.88. The Hall–Kier alpha value is -1.30. The first kappa shape index (κ1) is 12.7. The molecule has 0 heterocycles. The number of aliphatic carboxylic acids is 1. The largest absolute Gasteiger partial charge is 0.479 e. The Morgan fingerprint density at radius 2 is 2.14 bits per heavy atom. The summed E-state index contributed by atoms with van der Waals surface area (Å²) in [5, 5.41) is 8.39. The van der Waals surface area contributed by atoms with Gasteiger partial charge in [0.15, 0.2) is 6.10 Å². The molecule has 0 aromatic rings. The minimum atomic E-state index is -1.15. The van der Waals surface area contributed by atoms with Crippen LogP contribution in [0.2, 0.25) is 0 Å². The van der Waals surface area contributed by atoms with Crippen LogP contribution in [0.5, 0.6) is 0 Å². The molecular weight excluding hydrogens is 190 g/mol. The molecule has 0 aliphatic carbocycles. The molecule has 0 spiro atoms. The Morgan fingerprint density at radius 1 is 1.50 bits per heavy atom. The summed E-state index contributed by atoms with van der Waals surface area (Å²) < 4.78 is 4.64. The average molecular weight is 205 g/mol. The fraction of sp³-hybridized carbons (Fsp3) is 0.750. The second-order valence-electron chi connectivity index (χ2n) is 2.69. The summed E-state index contributed by atoms with van der Waals surface area (Å²) in [6.07, 6.45) is -0.179. The number of amides is 1. The van der Waals surface area contributed by atoms with Crippen LogP contribution in [0.1, 0.15) is 26.7 Å². The van der Waals surface area contributed by atoms with E-state index < -0.39 is 18.2 Å². The number of rotatable bonds is 6. The van der Waals surface area contributed by atoms with Crippen LogP contribution in [0.4, 0.5) is 4.79 Å². The van der Waals surface area contributed by atoms with Gasteiger partial charge in [-0.3, -0.25) is 4.84 Å². The molecule has 0 radical (unpaired) electrons. The number of hydrogen-bond acceptors (Lipinski definition) is 4. The van der Waals surface area contributed by atoms with Gasteiger partial charge < -0.3 is 9.84 Å². The maximum atomic E-state index is 10.8. The predicted molar refractivity (Wildman–Crippen MR) is 47.6 cm³/mol. The van der Waals surface area contributed by atoms with E-state index in [2.05, 4.69) is 9.57 Å². The van der Waals surface area contributed by atoms with E-state index in [1.807, 2.05) is 12.4 Å². The lowest BCUT2D eigenvalue weighted by Gasteiger charge is -2.09. The summed E-state index contributed by atoms with van der Waals surface area (Å²) in [7, 11) is 0. The molecular formula is C8H15NO5. The van der Waals surface area contributed by atoms with Crippen LogP contribution < -0.4 is 5.48 Å². The highest BCUT2D eigenvalue weighted by atomic mass is 16.7. The van der Waals surface area contributed by atoms with Gasteiger partial charge in [-0.25, -0.2) is 9.59 Å². The monoisotopic (exact) mass is 205 g/mol. The predicted octanol–water partition coefficient (Wildman–Crippen LogP) is 0.917. The van der Waals surface area contributed by atoms with E-state index in [1.165, 1.54) is 6.92 Å². The molecule has 0 aliphatic heterocycles. The number of carboxylic acid groups (broad SMARTS) is 1. The zero-order valence-corrected chi connectivity index (χ0v) is 8.28. The summed E-state index contributed by atoms with van der Waals surface area (Å²) in [6, 6.07) is 0. The number of ether oxygens (including phenoxy) is 1. The number of carbonyl (C=O) groups excluding carboxylic acids is 1. The molecule has 0 saturated heterocycles. The molecule has 0 fully saturated rings. The van der Waals surface area contributed by atoms with Gasteiger partial charge in [-0.05, 0) is 13.3 Å². The Labute approximate surface area is 82.1 Å². The molecule has 6 heteroatoms. The highest BCUT2D eigenvalue weighted by molar-refractivity contribution is 5.72. The molecule has 0 rings (SSSR count). The van der Waals surface area contributed by atoms with Gasteiger partial charge in [-0.15, -0.1) is 0 Å². The van der Waals surface area contributed by atoms with E-state index in [-0.39, 0.29) is 0 Å². The smallest absolute Gasteiger partial charge is 0.431 e. The zero-order valence-electron chi connectivity index (χ0n) is 8.28. The lowest BCUT2D eigenvalue weighted by atomic mass is 10.4. The van der Waals surface area contributed by atoms with Crippen LogP contribution in [0.3, 0.4) is 0 Å². The SMILES string of the molecule is CCCCOC(=O)NO[C@H](C)C(=O)O. The van der Waals surface area contributed by atoms with Gasteiger partial charge in [0.1, 0.15) is 0 Å². The number of carbonyl (C=O) groups is 2. The molecule has 1 amide bonds. The van der Waals surface area contributed by atoms with Crippen molar-refractivity contribution in [1.29, 1.82) is 0 Å². The maximum absolute atomic E-state index is 10.8. The highest BCUT2D eigenvalue weighted by Crippen LogP contribution is 1.90. The number of nitrogens with one attached hydrogen (secondary N) is 1. The molecule has 0 aromatic heterocycles. The lowest BCUT2D eigenvalue weighted by molar-refractivity contribution is -0.152. The van der Waals surface area contributed by atoms with Gasteiger partial charge in [0.05, 0.1) is 6.61 Å². The van der Waals surface area contributed by atoms with Crippen molar-refractivity contribution in [2.45, 2.75) is 32.8 Å². The van der Waals surface area contributed by atoms with Gasteiger partial charge in [0.2, 0.25) is 0 Å². The highest BCUT2D eigenvalue weighted by Gasteiger charge is 2.13. The maximum Gasteiger partial charge on any atom is 0.431 e. The Bertz CT molecular complexity index is 194. The fourth-order valence-electron chi connectivity index (χ4n) is 0.526. The Balaban J connectivity index is 3.48. The Kier molecular flexibility index (Phi) is 6.47. The molecule has 0 aliphatic rings. The topological polar surface area (TPSA) is 84.9 Å². The van der Waals surface area contributed by atoms with E-state index in [9.17, 15) is 9.59 Å². The van der Waals surface area contributed by atoms with E-state index >= 15 is 0 Å². The third-order valence-electron chi connectivity index (χ3n) is 1.40. The van der Waals surface area contributed by atoms with E-state index in [0.29, 0.717) is 6.61 Å². The van der Waals surface area contributed by atoms with Crippen molar-refractivity contribution in [3.63, 3.8) is 0 Å². The second kappa shape index (κ2) is 7.14. The molecule has 82 valence electrons. The molecule has 6 nitrogen and oxygen atoms in total. The standard InChI is InChI=1S/C8H15NO5/c1-3-4-5-13-8(12)9-14-6(2)7(10)11/h6H,3-5H2,1-2H3,(H,9,12)(H,10,11)/t6-/m1/s1. The first-order chi connectivity index (χ1) is 6.57. The van der Waals surface area contributed by atoms with Crippen molar-refractivity contribution in [3.05, 3.63) is 0 Å². The number of unbranched alkanes of at least 4 members (excludes halogenated alkanes) is 1. The minimum absolute atomic E-state index is 0.299. The lowest BCUT2D eigenvalue weighted by Crippen LogP contribution is -2.32. The zero-order chi connectivity index (χ0) is 11.0. The van der Waals surface area contributed by atoms with Crippen LogP contribution in [-0.2, 0) is 14.4 Å². The summed E-state index contributed by atoms with van der Waals surface area (Å²) >= 11 is 0. The van der Waals surface area contributed by atoms with Crippen molar-refractivity contribution < 1.29 is 24.3 Å². The number of hydroxylamine groups is 1. The van der Waals surface area contributed by atoms with Gasteiger partial charge in [-0.1, -0.05) is 13.3 Å². The van der Waals surface area contributed by atoms with Crippen molar-refractivity contribution in [2.75, 3.05) is 6.61 Å². The van der Waals surface area contributed by atoms with E-state index in [0.717, 1.165) is 12.8 Å². The number of carboxylic acids is 1. The second-order valence-corrected chi connectivity index (χ2v) is 2.69. The van der Waals surface area contributed by atoms with Crippen LogP contribution in [0.15, 0.2) is 0 Å². The third-order valence-corrected chi connectivity index (χ3v) is 1.40. The molecule has 0 aromatic carbocycles. The molecule has 14 heavy (non-hydrogen) atoms. The Morgan fingerprint density at radius 3 is 2.64 bits per heavy atom. The molecule has 0 bridgehead atoms. The van der Waals surface area contributed by atoms with Crippen LogP contribution in [0.25, 0.3) is 0 Å². The molecule has 1 atom stereocenters. The minimum Gasteiger partial charge on any atom is -0.479 e. The van der Waals surface area contributed by atoms with E-state index in [4.69, 9.17) is 5.11 Å². The normalized spacial score (nSPS) is 11.9. The molecule has 0 saturated carbocycles. The quantitative estimate of drug-likeness (QED) is 0.497. The first-order valence-corrected chi connectivity index (χ1v) is 4.39. The van der Waals surface area contributed by atoms with Gasteiger partial charge >= 0.3 is 12.1 Å². The average Bonchev–Trinajstić information content (AvgIpc) is 2.14. The fourth-order valence-corrected chi connectivity index (χ4v) is 0.526. The number of hydrogen-bond donors (Lipinski definition) is 2. The van der Waals surface area contributed by atoms with Gasteiger partial charge in [0, 0.05) is 0 Å². The van der Waals surface area contributed by atoms with Crippen molar-refractivity contribution in [2.24, 2.45) is 0 Å². The van der Waals surface area contributed by atoms with Gasteiger partial charge in [0.25, 0.3) is 0 Å². The third kappa shape index (κ3) is 6.24. The summed E-state index contributed by atoms with van der Waals surface area (Å²) in [6.45, 7) is 3.56.